The van der Waals surface area contributed by atoms with E-state index in [1.807, 2.05) is 35.5 Å². The third-order valence-electron chi connectivity index (χ3n) is 1.36. The quantitative estimate of drug-likeness (QED) is 0.330. The van der Waals surface area contributed by atoms with Crippen LogP contribution in [0.4, 0.5) is 0 Å². The lowest BCUT2D eigenvalue weighted by molar-refractivity contribution is -0.373. The van der Waals surface area contributed by atoms with Crippen molar-refractivity contribution in [2.75, 3.05) is 0 Å². The maximum atomic E-state index is 10.1. The van der Waals surface area contributed by atoms with E-state index < -0.39 is 0 Å². The third-order valence-corrected chi connectivity index (χ3v) is 1.36. The van der Waals surface area contributed by atoms with Crippen LogP contribution in [0, 0.1) is 5.21 Å². The second kappa shape index (κ2) is 3.01. The summed E-state index contributed by atoms with van der Waals surface area (Å²) in [6.07, 6.45) is 0. The monoisotopic (exact) mass is 135 g/mol. The summed E-state index contributed by atoms with van der Waals surface area (Å²) in [7, 11) is 0. The van der Waals surface area contributed by atoms with Crippen LogP contribution in [0.5, 0.6) is 0 Å². The summed E-state index contributed by atoms with van der Waals surface area (Å²) in [6, 6.07) is 9.49. The Kier molecular flexibility index (Phi) is 2.05. The van der Waals surface area contributed by atoms with E-state index in [1.54, 1.807) is 6.92 Å². The fraction of sp³-hybridized carbons (Fsp3) is 0.125. The predicted molar refractivity (Wildman–Crippen MR) is 40.6 cm³/mol. The molecule has 1 N–H and O–H groups in total. The van der Waals surface area contributed by atoms with Gasteiger partial charge >= 0.3 is 0 Å². The molecule has 0 amide bonds. The van der Waals surface area contributed by atoms with E-state index in [-0.39, 0.29) is 0 Å². The minimum Gasteiger partial charge on any atom is -0.625 e. The highest BCUT2D eigenvalue weighted by molar-refractivity contribution is 5.94. The smallest absolute Gasteiger partial charge is 0.189 e. The molecule has 0 aromatic heterocycles. The maximum absolute atomic E-state index is 10.1. The van der Waals surface area contributed by atoms with Gasteiger partial charge in [0.05, 0.1) is 0 Å². The average Bonchev–Trinajstić information content (AvgIpc) is 2.05. The van der Waals surface area contributed by atoms with Crippen LogP contribution in [0.3, 0.4) is 0 Å². The molecule has 0 aliphatic carbocycles. The second-order valence-electron chi connectivity index (χ2n) is 2.09. The van der Waals surface area contributed by atoms with Crippen molar-refractivity contribution in [3.63, 3.8) is 0 Å². The zero-order chi connectivity index (χ0) is 7.40. The number of benzene rings is 1. The molecule has 0 bridgehead atoms. The SMILES string of the molecule is C/C(=[NH+]/[O-])c1ccccc1. The molecule has 0 fully saturated rings. The van der Waals surface area contributed by atoms with Gasteiger partial charge in [-0.3, -0.25) is 0 Å². The zero-order valence-electron chi connectivity index (χ0n) is 5.79. The van der Waals surface area contributed by atoms with Crippen LogP contribution in [-0.4, -0.2) is 5.71 Å². The lowest BCUT2D eigenvalue weighted by Gasteiger charge is -1.92. The molecule has 0 heterocycles. The largest absolute Gasteiger partial charge is 0.625 e. The fourth-order valence-corrected chi connectivity index (χ4v) is 0.747. The van der Waals surface area contributed by atoms with Gasteiger partial charge in [-0.2, -0.15) is 0 Å². The normalized spacial score (nSPS) is 11.5. The summed E-state index contributed by atoms with van der Waals surface area (Å²) in [5.41, 5.74) is 1.60. The molecule has 0 atom stereocenters. The highest BCUT2D eigenvalue weighted by atomic mass is 16.4. The molecule has 0 saturated heterocycles. The van der Waals surface area contributed by atoms with E-state index in [2.05, 4.69) is 0 Å². The Morgan fingerprint density at radius 2 is 1.90 bits per heavy atom. The van der Waals surface area contributed by atoms with Crippen LogP contribution in [-0.2, 0) is 0 Å². The van der Waals surface area contributed by atoms with E-state index >= 15 is 0 Å². The zero-order valence-corrected chi connectivity index (χ0v) is 5.79. The third kappa shape index (κ3) is 1.35. The number of hydrogen-bond donors (Lipinski definition) is 1. The van der Waals surface area contributed by atoms with Crippen molar-refractivity contribution < 1.29 is 5.16 Å². The van der Waals surface area contributed by atoms with Crippen molar-refractivity contribution in [2.45, 2.75) is 6.92 Å². The van der Waals surface area contributed by atoms with Gasteiger partial charge in [0, 0.05) is 12.5 Å². The molecule has 0 unspecified atom stereocenters. The van der Waals surface area contributed by atoms with Crippen LogP contribution in [0.1, 0.15) is 12.5 Å². The molecule has 10 heavy (non-hydrogen) atoms. The lowest BCUT2D eigenvalue weighted by Crippen LogP contribution is -2.64. The van der Waals surface area contributed by atoms with E-state index in [1.165, 1.54) is 0 Å². The Bertz CT molecular complexity index is 228. The molecule has 0 aliphatic heterocycles. The summed E-state index contributed by atoms with van der Waals surface area (Å²) < 4.78 is 0. The van der Waals surface area contributed by atoms with Gasteiger partial charge in [-0.1, -0.05) is 18.2 Å². The van der Waals surface area contributed by atoms with Crippen molar-refractivity contribution in [1.29, 1.82) is 0 Å². The van der Waals surface area contributed by atoms with E-state index in [9.17, 15) is 5.21 Å². The van der Waals surface area contributed by atoms with Gasteiger partial charge in [0.15, 0.2) is 5.71 Å². The van der Waals surface area contributed by atoms with Crippen molar-refractivity contribution in [3.8, 4) is 0 Å². The van der Waals surface area contributed by atoms with Crippen LogP contribution in [0.25, 0.3) is 0 Å². The van der Waals surface area contributed by atoms with Gasteiger partial charge in [0.25, 0.3) is 0 Å². The maximum Gasteiger partial charge on any atom is 0.189 e. The number of rotatable bonds is 1. The van der Waals surface area contributed by atoms with Gasteiger partial charge in [-0.15, -0.1) is 0 Å². The molecule has 0 spiro atoms. The summed E-state index contributed by atoms with van der Waals surface area (Å²) in [4.78, 5) is 0. The van der Waals surface area contributed by atoms with Gasteiger partial charge in [0.1, 0.15) is 0 Å². The van der Waals surface area contributed by atoms with Crippen molar-refractivity contribution in [3.05, 3.63) is 41.1 Å². The molecule has 1 aromatic carbocycles. The first kappa shape index (κ1) is 6.81. The molecule has 1 aromatic rings. The molecule has 0 radical (unpaired) electrons. The van der Waals surface area contributed by atoms with E-state index in [0.29, 0.717) is 5.71 Å². The second-order valence-corrected chi connectivity index (χ2v) is 2.09. The van der Waals surface area contributed by atoms with Gasteiger partial charge < -0.3 is 5.21 Å². The van der Waals surface area contributed by atoms with Gasteiger partial charge in [-0.05, 0) is 12.1 Å². The van der Waals surface area contributed by atoms with Crippen LogP contribution >= 0.6 is 0 Å². The first-order valence-corrected chi connectivity index (χ1v) is 3.11. The molecule has 2 nitrogen and oxygen atoms in total. The molecule has 0 saturated carbocycles. The van der Waals surface area contributed by atoms with Gasteiger partial charge in [-0.25, -0.2) is 5.16 Å². The lowest BCUT2D eigenvalue weighted by atomic mass is 10.1. The highest BCUT2D eigenvalue weighted by Gasteiger charge is 1.96. The van der Waals surface area contributed by atoms with Crippen molar-refractivity contribution in [2.24, 2.45) is 0 Å². The molecule has 52 valence electrons. The minimum absolute atomic E-state index is 0.653. The molecular weight excluding hydrogens is 126 g/mol. The summed E-state index contributed by atoms with van der Waals surface area (Å²) in [6.45, 7) is 1.75. The fourth-order valence-electron chi connectivity index (χ4n) is 0.747. The van der Waals surface area contributed by atoms with Crippen LogP contribution in [0.15, 0.2) is 30.3 Å². The molecule has 0 aliphatic rings. The molecule has 2 heteroatoms. The van der Waals surface area contributed by atoms with E-state index in [0.717, 1.165) is 5.56 Å². The standard InChI is InChI=1S/C8H9NO/c1-7(9-10)8-5-3-2-4-6-8/h2-6,9H,1H3/b9-7-. The first-order valence-electron chi connectivity index (χ1n) is 3.11. The Morgan fingerprint density at radius 3 is 2.40 bits per heavy atom. The van der Waals surface area contributed by atoms with Crippen LogP contribution in [0.2, 0.25) is 0 Å². The Hall–Kier alpha value is -1.31. The Morgan fingerprint density at radius 1 is 1.30 bits per heavy atom. The first-order chi connectivity index (χ1) is 4.84. The summed E-state index contributed by atoms with van der Waals surface area (Å²) in [5, 5.41) is 12.0. The minimum atomic E-state index is 0.653. The topological polar surface area (TPSA) is 37.0 Å². The van der Waals surface area contributed by atoms with Crippen LogP contribution < -0.4 is 5.16 Å². The number of nitrogens with one attached hydrogen (secondary N) is 1. The summed E-state index contributed by atoms with van der Waals surface area (Å²) >= 11 is 0. The summed E-state index contributed by atoms with van der Waals surface area (Å²) in [5.74, 6) is 0. The van der Waals surface area contributed by atoms with Gasteiger partial charge in [0.2, 0.25) is 0 Å². The van der Waals surface area contributed by atoms with E-state index in [4.69, 9.17) is 0 Å². The highest BCUT2D eigenvalue weighted by Crippen LogP contribution is 1.95. The Labute approximate surface area is 59.8 Å². The molecule has 1 rings (SSSR count). The molecular formula is C8H9NO. The Balaban J connectivity index is 2.96. The van der Waals surface area contributed by atoms with Crippen molar-refractivity contribution >= 4 is 5.71 Å². The average molecular weight is 135 g/mol. The predicted octanol–water partition coefficient (Wildman–Crippen LogP) is 0.0740. The number of hydrogen-bond acceptors (Lipinski definition) is 1. The van der Waals surface area contributed by atoms with Crippen molar-refractivity contribution in [1.82, 2.24) is 0 Å².